The van der Waals surface area contributed by atoms with Gasteiger partial charge in [0, 0.05) is 23.2 Å². The van der Waals surface area contributed by atoms with Crippen LogP contribution in [-0.4, -0.2) is 21.2 Å². The van der Waals surface area contributed by atoms with Crippen LogP contribution in [0.5, 0.6) is 11.5 Å². The number of hydrogen-bond acceptors (Lipinski definition) is 5. The van der Waals surface area contributed by atoms with Gasteiger partial charge in [-0.25, -0.2) is 9.97 Å². The van der Waals surface area contributed by atoms with E-state index in [-0.39, 0.29) is 11.9 Å². The molecule has 5 nitrogen and oxygen atoms in total. The lowest BCUT2D eigenvalue weighted by molar-refractivity contribution is 0.244. The second-order valence-electron chi connectivity index (χ2n) is 7.22. The predicted octanol–water partition coefficient (Wildman–Crippen LogP) is 5.84. The molecule has 1 heterocycles. The van der Waals surface area contributed by atoms with Gasteiger partial charge >= 0.3 is 0 Å². The van der Waals surface area contributed by atoms with Crippen molar-refractivity contribution in [2.75, 3.05) is 5.32 Å². The van der Waals surface area contributed by atoms with Gasteiger partial charge in [-0.15, -0.1) is 0 Å². The number of aromatic hydroxyl groups is 1. The van der Waals surface area contributed by atoms with Crippen LogP contribution in [0, 0.1) is 6.92 Å². The van der Waals surface area contributed by atoms with Gasteiger partial charge < -0.3 is 15.2 Å². The van der Waals surface area contributed by atoms with Crippen molar-refractivity contribution in [2.45, 2.75) is 26.9 Å². The Bertz CT molecular complexity index is 1170. The SMILES string of the molecule is Cc1ccccc1-c1cc2cnc(Nc3ccccc3OC(C)C)nc2cc1O. The number of anilines is 2. The van der Waals surface area contributed by atoms with Crippen LogP contribution in [0.3, 0.4) is 0 Å². The molecule has 0 radical (unpaired) electrons. The molecule has 0 bridgehead atoms. The number of ether oxygens (including phenoxy) is 1. The first kappa shape index (κ1) is 18.7. The van der Waals surface area contributed by atoms with Gasteiger partial charge in [0.25, 0.3) is 0 Å². The summed E-state index contributed by atoms with van der Waals surface area (Å²) in [5.74, 6) is 1.38. The number of para-hydroxylation sites is 2. The molecule has 0 saturated heterocycles. The normalized spacial score (nSPS) is 11.0. The Kier molecular flexibility index (Phi) is 5.04. The summed E-state index contributed by atoms with van der Waals surface area (Å²) in [6.07, 6.45) is 1.82. The molecule has 0 amide bonds. The quantitative estimate of drug-likeness (QED) is 0.452. The molecule has 0 spiro atoms. The van der Waals surface area contributed by atoms with E-state index in [0.717, 1.165) is 33.5 Å². The molecule has 0 aliphatic rings. The largest absolute Gasteiger partial charge is 0.507 e. The van der Waals surface area contributed by atoms with Gasteiger partial charge in [-0.1, -0.05) is 36.4 Å². The summed E-state index contributed by atoms with van der Waals surface area (Å²) in [6, 6.07) is 19.3. The molecule has 2 N–H and O–H groups in total. The maximum absolute atomic E-state index is 10.6. The van der Waals surface area contributed by atoms with Crippen molar-refractivity contribution >= 4 is 22.5 Å². The Hall–Kier alpha value is -3.60. The van der Waals surface area contributed by atoms with E-state index in [1.807, 2.05) is 75.4 Å². The highest BCUT2D eigenvalue weighted by Gasteiger charge is 2.11. The Balaban J connectivity index is 1.70. The van der Waals surface area contributed by atoms with E-state index in [1.165, 1.54) is 0 Å². The Morgan fingerprint density at radius 2 is 1.72 bits per heavy atom. The highest BCUT2D eigenvalue weighted by atomic mass is 16.5. The molecule has 5 heteroatoms. The van der Waals surface area contributed by atoms with E-state index in [4.69, 9.17) is 4.74 Å². The summed E-state index contributed by atoms with van der Waals surface area (Å²) < 4.78 is 5.84. The number of benzene rings is 3. The highest BCUT2D eigenvalue weighted by Crippen LogP contribution is 2.35. The fourth-order valence-corrected chi connectivity index (χ4v) is 3.27. The van der Waals surface area contributed by atoms with E-state index in [9.17, 15) is 5.11 Å². The van der Waals surface area contributed by atoms with Crippen molar-refractivity contribution in [3.8, 4) is 22.6 Å². The average molecular weight is 385 g/mol. The molecule has 29 heavy (non-hydrogen) atoms. The minimum atomic E-state index is 0.0623. The number of phenolic OH excluding ortho intramolecular Hbond substituents is 1. The zero-order chi connectivity index (χ0) is 20.4. The molecular weight excluding hydrogens is 362 g/mol. The lowest BCUT2D eigenvalue weighted by Crippen LogP contribution is -2.07. The number of fused-ring (bicyclic) bond motifs is 1. The smallest absolute Gasteiger partial charge is 0.227 e. The molecule has 4 aromatic rings. The van der Waals surface area contributed by atoms with Crippen LogP contribution < -0.4 is 10.1 Å². The lowest BCUT2D eigenvalue weighted by atomic mass is 9.98. The molecular formula is C24H23N3O2. The summed E-state index contributed by atoms with van der Waals surface area (Å²) in [5, 5.41) is 14.7. The molecule has 4 rings (SSSR count). The molecule has 1 aromatic heterocycles. The molecule has 0 unspecified atom stereocenters. The number of hydrogen-bond donors (Lipinski definition) is 2. The number of aryl methyl sites for hydroxylation is 1. The van der Waals surface area contributed by atoms with Crippen LogP contribution in [-0.2, 0) is 0 Å². The van der Waals surface area contributed by atoms with Gasteiger partial charge in [0.15, 0.2) is 0 Å². The summed E-state index contributed by atoms with van der Waals surface area (Å²) in [6.45, 7) is 6.00. The van der Waals surface area contributed by atoms with Gasteiger partial charge in [-0.05, 0) is 50.1 Å². The van der Waals surface area contributed by atoms with Crippen LogP contribution in [0.1, 0.15) is 19.4 Å². The van der Waals surface area contributed by atoms with Gasteiger partial charge in [-0.3, -0.25) is 0 Å². The van der Waals surface area contributed by atoms with Crippen molar-refractivity contribution in [3.05, 3.63) is 72.4 Å². The van der Waals surface area contributed by atoms with Crippen LogP contribution in [0.25, 0.3) is 22.0 Å². The maximum Gasteiger partial charge on any atom is 0.227 e. The van der Waals surface area contributed by atoms with E-state index in [1.54, 1.807) is 12.3 Å². The fourth-order valence-electron chi connectivity index (χ4n) is 3.27. The monoisotopic (exact) mass is 385 g/mol. The lowest BCUT2D eigenvalue weighted by Gasteiger charge is -2.15. The van der Waals surface area contributed by atoms with Crippen molar-refractivity contribution in [1.29, 1.82) is 0 Å². The molecule has 0 aliphatic carbocycles. The highest BCUT2D eigenvalue weighted by molar-refractivity contribution is 5.89. The van der Waals surface area contributed by atoms with Crippen molar-refractivity contribution in [2.24, 2.45) is 0 Å². The predicted molar refractivity (Wildman–Crippen MR) is 117 cm³/mol. The first-order valence-electron chi connectivity index (χ1n) is 9.60. The third-order valence-corrected chi connectivity index (χ3v) is 4.63. The molecule has 3 aromatic carbocycles. The average Bonchev–Trinajstić information content (AvgIpc) is 2.69. The molecule has 0 saturated carbocycles. The second-order valence-corrected chi connectivity index (χ2v) is 7.22. The first-order valence-corrected chi connectivity index (χ1v) is 9.60. The molecule has 0 aliphatic heterocycles. The van der Waals surface area contributed by atoms with E-state index >= 15 is 0 Å². The van der Waals surface area contributed by atoms with Gasteiger partial charge in [0.2, 0.25) is 5.95 Å². The van der Waals surface area contributed by atoms with Crippen LogP contribution in [0.4, 0.5) is 11.6 Å². The summed E-state index contributed by atoms with van der Waals surface area (Å²) in [4.78, 5) is 9.02. The third kappa shape index (κ3) is 3.99. The Morgan fingerprint density at radius 3 is 2.52 bits per heavy atom. The first-order chi connectivity index (χ1) is 14.0. The summed E-state index contributed by atoms with van der Waals surface area (Å²) in [7, 11) is 0. The number of rotatable bonds is 5. The standard InChI is InChI=1S/C24H23N3O2/c1-15(2)29-23-11-7-6-10-20(23)26-24-25-14-17-12-19(22(28)13-21(17)27-24)18-9-5-4-8-16(18)3/h4-15,28H,1-3H3,(H,25,26,27). The van der Waals surface area contributed by atoms with E-state index < -0.39 is 0 Å². The van der Waals surface area contributed by atoms with Gasteiger partial charge in [-0.2, -0.15) is 0 Å². The van der Waals surface area contributed by atoms with Crippen molar-refractivity contribution in [1.82, 2.24) is 9.97 Å². The van der Waals surface area contributed by atoms with E-state index in [2.05, 4.69) is 15.3 Å². The number of nitrogens with one attached hydrogen (secondary N) is 1. The van der Waals surface area contributed by atoms with Crippen LogP contribution in [0.15, 0.2) is 66.9 Å². The fraction of sp³-hybridized carbons (Fsp3) is 0.167. The van der Waals surface area contributed by atoms with Crippen LogP contribution in [0.2, 0.25) is 0 Å². The maximum atomic E-state index is 10.6. The summed E-state index contributed by atoms with van der Waals surface area (Å²) in [5.41, 5.74) is 4.33. The number of phenols is 1. The molecule has 0 atom stereocenters. The topological polar surface area (TPSA) is 67.3 Å². The van der Waals surface area contributed by atoms with Crippen molar-refractivity contribution in [3.63, 3.8) is 0 Å². The minimum absolute atomic E-state index is 0.0623. The van der Waals surface area contributed by atoms with E-state index in [0.29, 0.717) is 11.5 Å². The Morgan fingerprint density at radius 1 is 0.966 bits per heavy atom. The van der Waals surface area contributed by atoms with Gasteiger partial charge in [0.1, 0.15) is 11.5 Å². The Labute approximate surface area is 170 Å². The number of nitrogens with zero attached hydrogens (tertiary/aromatic N) is 2. The second kappa shape index (κ2) is 7.80. The molecule has 0 fully saturated rings. The van der Waals surface area contributed by atoms with Gasteiger partial charge in [0.05, 0.1) is 17.3 Å². The zero-order valence-electron chi connectivity index (χ0n) is 16.7. The zero-order valence-corrected chi connectivity index (χ0v) is 16.7. The number of aromatic nitrogens is 2. The van der Waals surface area contributed by atoms with Crippen LogP contribution >= 0.6 is 0 Å². The molecule has 146 valence electrons. The minimum Gasteiger partial charge on any atom is -0.507 e. The summed E-state index contributed by atoms with van der Waals surface area (Å²) >= 11 is 0. The third-order valence-electron chi connectivity index (χ3n) is 4.63. The van der Waals surface area contributed by atoms with Crippen molar-refractivity contribution < 1.29 is 9.84 Å².